The van der Waals surface area contributed by atoms with E-state index in [4.69, 9.17) is 14.6 Å². The number of aliphatic hydroxyl groups excluding tert-OH is 1. The van der Waals surface area contributed by atoms with Crippen molar-refractivity contribution in [3.8, 4) is 11.1 Å². The van der Waals surface area contributed by atoms with Crippen LogP contribution in [0.5, 0.6) is 0 Å². The molecule has 1 amide bonds. The van der Waals surface area contributed by atoms with Crippen LogP contribution in [0, 0.1) is 0 Å². The number of ether oxygens (including phenoxy) is 2. The minimum absolute atomic E-state index is 0.00928. The molecule has 8 heteroatoms. The smallest absolute Gasteiger partial charge is 0.303 e. The van der Waals surface area contributed by atoms with Crippen LogP contribution in [0.3, 0.4) is 0 Å². The number of carboxylic acid groups (broad SMARTS) is 1. The van der Waals surface area contributed by atoms with Crippen molar-refractivity contribution in [3.63, 3.8) is 0 Å². The van der Waals surface area contributed by atoms with E-state index in [9.17, 15) is 14.7 Å². The van der Waals surface area contributed by atoms with Crippen molar-refractivity contribution >= 4 is 11.9 Å². The molecule has 0 bridgehead atoms. The summed E-state index contributed by atoms with van der Waals surface area (Å²) in [5.74, 6) is -0.840. The van der Waals surface area contributed by atoms with Crippen LogP contribution in [-0.4, -0.2) is 39.6 Å². The molecule has 5 aromatic rings. The molecule has 6 rings (SSSR count). The summed E-state index contributed by atoms with van der Waals surface area (Å²) in [6.07, 6.45) is 2.26. The van der Waals surface area contributed by atoms with E-state index in [0.29, 0.717) is 38.8 Å². The van der Waals surface area contributed by atoms with Gasteiger partial charge in [0.05, 0.1) is 18.8 Å². The fourth-order valence-electron chi connectivity index (χ4n) is 6.94. The average molecular weight is 727 g/mol. The molecule has 1 fully saturated rings. The fraction of sp³-hybridized carbons (Fsp3) is 0.304. The number of nitrogens with zero attached hydrogens (tertiary/aromatic N) is 1. The quantitative estimate of drug-likeness (QED) is 0.0776. The monoisotopic (exact) mass is 726 g/mol. The third-order valence-electron chi connectivity index (χ3n) is 9.78. The van der Waals surface area contributed by atoms with Crippen molar-refractivity contribution < 1.29 is 29.3 Å². The fourth-order valence-corrected chi connectivity index (χ4v) is 6.94. The van der Waals surface area contributed by atoms with Gasteiger partial charge in [-0.3, -0.25) is 14.5 Å². The molecule has 0 spiro atoms. The Balaban J connectivity index is 1.18. The molecule has 1 aliphatic rings. The number of benzene rings is 5. The maximum Gasteiger partial charge on any atom is 0.303 e. The van der Waals surface area contributed by atoms with Crippen molar-refractivity contribution in [2.24, 2.45) is 0 Å². The maximum absolute atomic E-state index is 12.5. The molecule has 1 heterocycles. The van der Waals surface area contributed by atoms with Gasteiger partial charge in [0.1, 0.15) is 0 Å². The van der Waals surface area contributed by atoms with E-state index >= 15 is 0 Å². The lowest BCUT2D eigenvalue weighted by atomic mass is 9.98. The van der Waals surface area contributed by atoms with Gasteiger partial charge in [-0.1, -0.05) is 128 Å². The lowest BCUT2D eigenvalue weighted by Gasteiger charge is -2.38. The highest BCUT2D eigenvalue weighted by molar-refractivity contribution is 5.76. The van der Waals surface area contributed by atoms with Crippen molar-refractivity contribution in [1.82, 2.24) is 10.2 Å². The minimum atomic E-state index is -0.803. The second-order valence-electron chi connectivity index (χ2n) is 14.0. The van der Waals surface area contributed by atoms with Gasteiger partial charge in [0.25, 0.3) is 0 Å². The zero-order chi connectivity index (χ0) is 37.5. The lowest BCUT2D eigenvalue weighted by molar-refractivity contribution is -0.253. The highest BCUT2D eigenvalue weighted by atomic mass is 16.7. The molecule has 3 N–H and O–H groups in total. The van der Waals surface area contributed by atoms with Crippen molar-refractivity contribution in [1.29, 1.82) is 0 Å². The molecule has 5 aromatic carbocycles. The van der Waals surface area contributed by atoms with Crippen LogP contribution in [0.15, 0.2) is 133 Å². The number of amides is 1. The average Bonchev–Trinajstić information content (AvgIpc) is 3.20. The molecule has 0 aliphatic carbocycles. The number of carbonyl (C=O) groups excluding carboxylic acids is 1. The first kappa shape index (κ1) is 38.6. The summed E-state index contributed by atoms with van der Waals surface area (Å²) in [6.45, 7) is 2.69. The summed E-state index contributed by atoms with van der Waals surface area (Å²) < 4.78 is 13.6. The molecule has 1 saturated heterocycles. The molecular formula is C46H50N2O6. The first-order chi connectivity index (χ1) is 26.4. The van der Waals surface area contributed by atoms with Gasteiger partial charge in [0.15, 0.2) is 6.29 Å². The number of hydrogen-bond acceptors (Lipinski definition) is 6. The first-order valence-corrected chi connectivity index (χ1v) is 18.9. The van der Waals surface area contributed by atoms with Gasteiger partial charge in [0.2, 0.25) is 5.91 Å². The van der Waals surface area contributed by atoms with E-state index in [-0.39, 0.29) is 31.1 Å². The van der Waals surface area contributed by atoms with E-state index in [0.717, 1.165) is 52.9 Å². The Hall–Kier alpha value is -5.12. The Morgan fingerprint density at radius 1 is 0.648 bits per heavy atom. The Bertz CT molecular complexity index is 1880. The standard InChI is InChI=1S/C46H50N2O6/c49-33-36-22-24-38(25-23-36)43-28-42(32-48(30-34-12-4-1-5-13-34)31-35-14-6-2-7-15-35)53-46(54-43)41-19-11-18-40(27-41)39-17-10-16-37(26-39)29-47-44(50)20-8-3-9-21-45(51)52/h1-2,4-7,10-19,22-27,42-43,46,49H,3,8-9,20-21,28-33H2,(H,47,50)(H,51,52)/t42-,43+,46+/m1/s1. The molecule has 0 radical (unpaired) electrons. The molecule has 0 aromatic heterocycles. The maximum atomic E-state index is 12.5. The SMILES string of the molecule is O=C(O)CCCCCC(=O)NCc1cccc(-c2cccc([C@H]3O[C@@H](CN(Cc4ccccc4)Cc4ccccc4)C[C@@H](c4ccc(CO)cc4)O3)c2)c1. The summed E-state index contributed by atoms with van der Waals surface area (Å²) in [5.41, 5.74) is 8.36. The molecule has 8 nitrogen and oxygen atoms in total. The van der Waals surface area contributed by atoms with E-state index in [1.165, 1.54) is 11.1 Å². The van der Waals surface area contributed by atoms with Gasteiger partial charge < -0.3 is 25.0 Å². The Labute approximate surface area is 318 Å². The normalized spacial score (nSPS) is 17.0. The summed E-state index contributed by atoms with van der Waals surface area (Å²) in [6, 6.07) is 45.5. The van der Waals surface area contributed by atoms with Gasteiger partial charge in [-0.25, -0.2) is 0 Å². The summed E-state index contributed by atoms with van der Waals surface area (Å²) in [4.78, 5) is 25.6. The molecule has 0 saturated carbocycles. The van der Waals surface area contributed by atoms with Crippen LogP contribution in [0.4, 0.5) is 0 Å². The highest BCUT2D eigenvalue weighted by Crippen LogP contribution is 2.39. The number of carbonyl (C=O) groups is 2. The van der Waals surface area contributed by atoms with Crippen molar-refractivity contribution in [2.45, 2.75) is 83.3 Å². The minimum Gasteiger partial charge on any atom is -0.481 e. The van der Waals surface area contributed by atoms with E-state index in [2.05, 4.69) is 89.1 Å². The highest BCUT2D eigenvalue weighted by Gasteiger charge is 2.33. The lowest BCUT2D eigenvalue weighted by Crippen LogP contribution is -2.39. The number of rotatable bonds is 18. The number of nitrogens with one attached hydrogen (secondary N) is 1. The van der Waals surface area contributed by atoms with Crippen LogP contribution < -0.4 is 5.32 Å². The van der Waals surface area contributed by atoms with Crippen LogP contribution in [0.1, 0.15) is 84.3 Å². The second kappa shape index (κ2) is 19.8. The largest absolute Gasteiger partial charge is 0.481 e. The molecule has 280 valence electrons. The van der Waals surface area contributed by atoms with Crippen molar-refractivity contribution in [2.75, 3.05) is 6.54 Å². The molecule has 0 unspecified atom stereocenters. The Kier molecular flexibility index (Phi) is 14.2. The zero-order valence-electron chi connectivity index (χ0n) is 30.7. The van der Waals surface area contributed by atoms with Crippen molar-refractivity contribution in [3.05, 3.63) is 167 Å². The van der Waals surface area contributed by atoms with Gasteiger partial charge >= 0.3 is 5.97 Å². The topological polar surface area (TPSA) is 108 Å². The second-order valence-corrected chi connectivity index (χ2v) is 14.0. The summed E-state index contributed by atoms with van der Waals surface area (Å²) in [5, 5.41) is 21.5. The Morgan fingerprint density at radius 3 is 1.94 bits per heavy atom. The van der Waals surface area contributed by atoms with E-state index in [1.54, 1.807) is 0 Å². The van der Waals surface area contributed by atoms with Crippen LogP contribution >= 0.6 is 0 Å². The molecule has 54 heavy (non-hydrogen) atoms. The van der Waals surface area contributed by atoms with E-state index in [1.807, 2.05) is 54.6 Å². The number of carboxylic acids is 1. The predicted octanol–water partition coefficient (Wildman–Crippen LogP) is 8.75. The van der Waals surface area contributed by atoms with Gasteiger partial charge in [-0.2, -0.15) is 0 Å². The Morgan fingerprint density at radius 2 is 1.28 bits per heavy atom. The molecule has 3 atom stereocenters. The number of hydrogen-bond donors (Lipinski definition) is 3. The van der Waals surface area contributed by atoms with Gasteiger partial charge in [-0.05, 0) is 63.9 Å². The molecular weight excluding hydrogens is 677 g/mol. The predicted molar refractivity (Wildman–Crippen MR) is 210 cm³/mol. The van der Waals surface area contributed by atoms with Crippen LogP contribution in [-0.2, 0) is 45.3 Å². The number of unbranched alkanes of at least 4 members (excludes halogenated alkanes) is 2. The third-order valence-corrected chi connectivity index (χ3v) is 9.78. The summed E-state index contributed by atoms with van der Waals surface area (Å²) >= 11 is 0. The summed E-state index contributed by atoms with van der Waals surface area (Å²) in [7, 11) is 0. The third kappa shape index (κ3) is 11.7. The number of aliphatic hydroxyl groups is 1. The van der Waals surface area contributed by atoms with Crippen LogP contribution in [0.2, 0.25) is 0 Å². The first-order valence-electron chi connectivity index (χ1n) is 18.9. The van der Waals surface area contributed by atoms with Crippen LogP contribution in [0.25, 0.3) is 11.1 Å². The zero-order valence-corrected chi connectivity index (χ0v) is 30.7. The van der Waals surface area contributed by atoms with Gasteiger partial charge in [-0.15, -0.1) is 0 Å². The number of aliphatic carboxylic acids is 1. The van der Waals surface area contributed by atoms with E-state index < -0.39 is 12.3 Å². The van der Waals surface area contributed by atoms with Gasteiger partial charge in [0, 0.05) is 51.0 Å². The molecule has 1 aliphatic heterocycles.